The summed E-state index contributed by atoms with van der Waals surface area (Å²) < 4.78 is 6.28. The molecule has 0 radical (unpaired) electrons. The van der Waals surface area contributed by atoms with Gasteiger partial charge < -0.3 is 9.84 Å². The summed E-state index contributed by atoms with van der Waals surface area (Å²) in [5, 5.41) is 10.2. The third kappa shape index (κ3) is 2.42. The van der Waals surface area contributed by atoms with Gasteiger partial charge in [-0.05, 0) is 32.9 Å². The molecule has 0 aliphatic rings. The van der Waals surface area contributed by atoms with Crippen LogP contribution < -0.4 is 10.2 Å². The lowest BCUT2D eigenvalue weighted by Gasteiger charge is -2.11. The number of fused-ring (bicyclic) bond motifs is 1. The zero-order valence-electron chi connectivity index (χ0n) is 9.98. The van der Waals surface area contributed by atoms with Crippen molar-refractivity contribution in [3.05, 3.63) is 33.3 Å². The summed E-state index contributed by atoms with van der Waals surface area (Å²) in [6.45, 7) is 5.71. The van der Waals surface area contributed by atoms with Crippen molar-refractivity contribution < 1.29 is 9.84 Å². The zero-order chi connectivity index (χ0) is 12.6. The number of aromatic hydroxyl groups is 1. The predicted octanol–water partition coefficient (Wildman–Crippen LogP) is 3.06. The minimum atomic E-state index is -0.148. The molecule has 1 aromatic carbocycles. The van der Waals surface area contributed by atoms with Gasteiger partial charge in [-0.15, -0.1) is 11.3 Å². The van der Waals surface area contributed by atoms with Gasteiger partial charge in [0, 0.05) is 15.6 Å². The second kappa shape index (κ2) is 4.37. The fraction of sp³-hybridized carbons (Fsp3) is 0.308. The smallest absolute Gasteiger partial charge is 0.192 e. The molecule has 0 spiro atoms. The summed E-state index contributed by atoms with van der Waals surface area (Å²) in [5.41, 5.74) is -0.148. The molecule has 2 aromatic rings. The number of phenols is 1. The molecule has 0 bridgehead atoms. The van der Waals surface area contributed by atoms with Gasteiger partial charge in [-0.2, -0.15) is 0 Å². The first-order valence-corrected chi connectivity index (χ1v) is 6.23. The van der Waals surface area contributed by atoms with Gasteiger partial charge in [0.1, 0.15) is 11.5 Å². The van der Waals surface area contributed by atoms with Crippen molar-refractivity contribution in [1.29, 1.82) is 0 Å². The van der Waals surface area contributed by atoms with Gasteiger partial charge in [0.2, 0.25) is 0 Å². The molecule has 0 aliphatic heterocycles. The van der Waals surface area contributed by atoms with E-state index < -0.39 is 0 Å². The van der Waals surface area contributed by atoms with Crippen LogP contribution in [0.1, 0.15) is 18.7 Å². The van der Waals surface area contributed by atoms with Crippen LogP contribution in [-0.4, -0.2) is 11.2 Å². The van der Waals surface area contributed by atoms with Crippen LogP contribution in [0.2, 0.25) is 0 Å². The Morgan fingerprint density at radius 3 is 2.65 bits per heavy atom. The van der Waals surface area contributed by atoms with Crippen molar-refractivity contribution in [2.75, 3.05) is 0 Å². The van der Waals surface area contributed by atoms with Gasteiger partial charge in [0.05, 0.1) is 11.5 Å². The molecule has 0 unspecified atom stereocenters. The topological polar surface area (TPSA) is 46.5 Å². The molecule has 0 aliphatic carbocycles. The maximum absolute atomic E-state index is 11.8. The van der Waals surface area contributed by atoms with E-state index in [9.17, 15) is 9.90 Å². The van der Waals surface area contributed by atoms with E-state index in [-0.39, 0.29) is 17.3 Å². The van der Waals surface area contributed by atoms with E-state index in [1.807, 2.05) is 20.8 Å². The van der Waals surface area contributed by atoms with Crippen molar-refractivity contribution in [2.45, 2.75) is 26.9 Å². The summed E-state index contributed by atoms with van der Waals surface area (Å²) in [5.74, 6) is 0.575. The summed E-state index contributed by atoms with van der Waals surface area (Å²) in [7, 11) is 0. The highest BCUT2D eigenvalue weighted by Gasteiger charge is 2.09. The standard InChI is InChI=1S/C13H14O3S/c1-7(2)16-9-5-11(15)13-10(14)4-8(3)17-12(13)6-9/h4-7,15H,1-3H3. The second-order valence-electron chi connectivity index (χ2n) is 4.20. The first-order chi connectivity index (χ1) is 7.97. The first-order valence-electron chi connectivity index (χ1n) is 5.41. The quantitative estimate of drug-likeness (QED) is 0.891. The van der Waals surface area contributed by atoms with Gasteiger partial charge in [-0.3, -0.25) is 4.79 Å². The van der Waals surface area contributed by atoms with Crippen molar-refractivity contribution in [1.82, 2.24) is 0 Å². The lowest BCUT2D eigenvalue weighted by molar-refractivity contribution is 0.242. The van der Waals surface area contributed by atoms with Gasteiger partial charge in [-0.25, -0.2) is 0 Å². The minimum Gasteiger partial charge on any atom is -0.507 e. The van der Waals surface area contributed by atoms with Crippen molar-refractivity contribution in [3.63, 3.8) is 0 Å². The van der Waals surface area contributed by atoms with E-state index >= 15 is 0 Å². The molecular formula is C13H14O3S. The summed E-state index contributed by atoms with van der Waals surface area (Å²) in [4.78, 5) is 12.7. The van der Waals surface area contributed by atoms with Crippen LogP contribution in [0.3, 0.4) is 0 Å². The summed E-state index contributed by atoms with van der Waals surface area (Å²) in [6, 6.07) is 4.83. The number of aryl methyl sites for hydroxylation is 1. The second-order valence-corrected chi connectivity index (χ2v) is 5.49. The van der Waals surface area contributed by atoms with Crippen LogP contribution in [0.25, 0.3) is 10.1 Å². The first kappa shape index (κ1) is 11.9. The Labute approximate surface area is 103 Å². The van der Waals surface area contributed by atoms with Crippen LogP contribution in [0, 0.1) is 6.92 Å². The lowest BCUT2D eigenvalue weighted by atomic mass is 10.2. The molecule has 4 heteroatoms. The van der Waals surface area contributed by atoms with Crippen molar-refractivity contribution in [3.8, 4) is 11.5 Å². The number of phenolic OH excluding ortho intramolecular Hbond substituents is 1. The Morgan fingerprint density at radius 2 is 2.00 bits per heavy atom. The predicted molar refractivity (Wildman–Crippen MR) is 70.3 cm³/mol. The maximum Gasteiger partial charge on any atom is 0.192 e. The molecule has 0 atom stereocenters. The molecule has 0 fully saturated rings. The van der Waals surface area contributed by atoms with Crippen molar-refractivity contribution in [2.24, 2.45) is 0 Å². The Hall–Kier alpha value is -1.55. The Kier molecular flexibility index (Phi) is 3.07. The van der Waals surface area contributed by atoms with Crippen molar-refractivity contribution >= 4 is 21.4 Å². The Bertz CT molecular complexity index is 614. The van der Waals surface area contributed by atoms with E-state index in [1.54, 1.807) is 6.07 Å². The molecule has 17 heavy (non-hydrogen) atoms. The molecule has 0 amide bonds. The average molecular weight is 250 g/mol. The van der Waals surface area contributed by atoms with Gasteiger partial charge in [-0.1, -0.05) is 0 Å². The third-order valence-electron chi connectivity index (χ3n) is 2.28. The Balaban J connectivity index is 2.69. The number of benzene rings is 1. The van der Waals surface area contributed by atoms with Crippen LogP contribution in [-0.2, 0) is 0 Å². The molecule has 2 rings (SSSR count). The highest BCUT2D eigenvalue weighted by molar-refractivity contribution is 7.18. The highest BCUT2D eigenvalue weighted by Crippen LogP contribution is 2.31. The molecule has 0 saturated heterocycles. The number of hydrogen-bond donors (Lipinski definition) is 1. The molecule has 1 heterocycles. The van der Waals surface area contributed by atoms with Crippen LogP contribution >= 0.6 is 11.3 Å². The molecule has 90 valence electrons. The van der Waals surface area contributed by atoms with Crippen LogP contribution in [0.15, 0.2) is 23.0 Å². The monoisotopic (exact) mass is 250 g/mol. The minimum absolute atomic E-state index is 0.0144. The van der Waals surface area contributed by atoms with E-state index in [0.717, 1.165) is 9.58 Å². The third-order valence-corrected chi connectivity index (χ3v) is 3.26. The average Bonchev–Trinajstić information content (AvgIpc) is 2.13. The SMILES string of the molecule is Cc1cc(=O)c2c(O)cc(OC(C)C)cc2s1. The van der Waals surface area contributed by atoms with Crippen LogP contribution in [0.4, 0.5) is 0 Å². The number of rotatable bonds is 2. The molecule has 1 N–H and O–H groups in total. The maximum atomic E-state index is 11.8. The number of ether oxygens (including phenoxy) is 1. The highest BCUT2D eigenvalue weighted by atomic mass is 32.1. The van der Waals surface area contributed by atoms with E-state index in [1.165, 1.54) is 23.5 Å². The molecular weight excluding hydrogens is 236 g/mol. The van der Waals surface area contributed by atoms with Gasteiger partial charge in [0.15, 0.2) is 5.43 Å². The summed E-state index contributed by atoms with van der Waals surface area (Å²) in [6.07, 6.45) is 0.0355. The normalized spacial score (nSPS) is 11.1. The van der Waals surface area contributed by atoms with Crippen LogP contribution in [0.5, 0.6) is 11.5 Å². The fourth-order valence-electron chi connectivity index (χ4n) is 1.70. The van der Waals surface area contributed by atoms with E-state index in [4.69, 9.17) is 4.74 Å². The van der Waals surface area contributed by atoms with Gasteiger partial charge >= 0.3 is 0 Å². The molecule has 1 aromatic heterocycles. The fourth-order valence-corrected chi connectivity index (χ4v) is 2.70. The summed E-state index contributed by atoms with van der Waals surface area (Å²) >= 11 is 1.47. The van der Waals surface area contributed by atoms with E-state index in [0.29, 0.717) is 11.1 Å². The molecule has 3 nitrogen and oxygen atoms in total. The lowest BCUT2D eigenvalue weighted by Crippen LogP contribution is -2.06. The van der Waals surface area contributed by atoms with Gasteiger partial charge in [0.25, 0.3) is 0 Å². The number of hydrogen-bond acceptors (Lipinski definition) is 4. The largest absolute Gasteiger partial charge is 0.507 e. The van der Waals surface area contributed by atoms with E-state index in [2.05, 4.69) is 0 Å². The molecule has 0 saturated carbocycles. The Morgan fingerprint density at radius 1 is 1.29 bits per heavy atom. The zero-order valence-corrected chi connectivity index (χ0v) is 10.8.